The SMILES string of the molecule is CCOc1ccc(CC(=O)N2CCCCC2c2nc(N(C)C)ncc2-c2cc(C)no2)cc1. The van der Waals surface area contributed by atoms with Gasteiger partial charge in [0.05, 0.1) is 36.0 Å². The Morgan fingerprint density at radius 2 is 2.03 bits per heavy atom. The van der Waals surface area contributed by atoms with Gasteiger partial charge in [-0.2, -0.15) is 0 Å². The van der Waals surface area contributed by atoms with Crippen LogP contribution in [0.1, 0.15) is 49.2 Å². The summed E-state index contributed by atoms with van der Waals surface area (Å²) >= 11 is 0. The molecule has 0 saturated carbocycles. The molecule has 1 aliphatic heterocycles. The number of anilines is 1. The fourth-order valence-corrected chi connectivity index (χ4v) is 4.20. The van der Waals surface area contributed by atoms with E-state index in [-0.39, 0.29) is 11.9 Å². The Balaban J connectivity index is 1.64. The second kappa shape index (κ2) is 10.0. The van der Waals surface area contributed by atoms with Crippen molar-refractivity contribution in [1.82, 2.24) is 20.0 Å². The predicted octanol–water partition coefficient (Wildman–Crippen LogP) is 4.20. The number of benzene rings is 1. The average molecular weight is 450 g/mol. The number of hydrogen-bond acceptors (Lipinski definition) is 7. The highest BCUT2D eigenvalue weighted by Gasteiger charge is 2.32. The Labute approximate surface area is 194 Å². The van der Waals surface area contributed by atoms with Gasteiger partial charge < -0.3 is 19.1 Å². The predicted molar refractivity (Wildman–Crippen MR) is 126 cm³/mol. The molecule has 0 bridgehead atoms. The quantitative estimate of drug-likeness (QED) is 0.534. The van der Waals surface area contributed by atoms with Gasteiger partial charge in [-0.3, -0.25) is 4.79 Å². The van der Waals surface area contributed by atoms with Gasteiger partial charge in [-0.05, 0) is 50.8 Å². The Hall–Kier alpha value is -3.42. The zero-order chi connectivity index (χ0) is 23.4. The molecule has 0 aliphatic carbocycles. The molecule has 1 atom stereocenters. The van der Waals surface area contributed by atoms with E-state index in [1.54, 1.807) is 6.20 Å². The summed E-state index contributed by atoms with van der Waals surface area (Å²) in [4.78, 5) is 26.6. The van der Waals surface area contributed by atoms with Crippen LogP contribution in [0.4, 0.5) is 5.95 Å². The van der Waals surface area contributed by atoms with Crippen molar-refractivity contribution in [2.75, 3.05) is 32.1 Å². The zero-order valence-corrected chi connectivity index (χ0v) is 19.7. The van der Waals surface area contributed by atoms with E-state index >= 15 is 0 Å². The Bertz CT molecular complexity index is 1090. The van der Waals surface area contributed by atoms with Gasteiger partial charge in [0.1, 0.15) is 5.75 Å². The van der Waals surface area contributed by atoms with Crippen LogP contribution in [-0.2, 0) is 11.2 Å². The van der Waals surface area contributed by atoms with Crippen molar-refractivity contribution in [1.29, 1.82) is 0 Å². The van der Waals surface area contributed by atoms with Crippen molar-refractivity contribution >= 4 is 11.9 Å². The van der Waals surface area contributed by atoms with Gasteiger partial charge in [0.15, 0.2) is 5.76 Å². The molecule has 1 aliphatic rings. The fraction of sp³-hybridized carbons (Fsp3) is 0.440. The minimum atomic E-state index is -0.143. The molecule has 8 heteroatoms. The summed E-state index contributed by atoms with van der Waals surface area (Å²) in [5.41, 5.74) is 3.35. The molecular weight excluding hydrogens is 418 g/mol. The van der Waals surface area contributed by atoms with Gasteiger partial charge in [-0.1, -0.05) is 17.3 Å². The molecular formula is C25H31N5O3. The summed E-state index contributed by atoms with van der Waals surface area (Å²) in [5.74, 6) is 2.13. The number of ether oxygens (including phenoxy) is 1. The maximum Gasteiger partial charge on any atom is 0.227 e. The third kappa shape index (κ3) is 5.16. The highest BCUT2D eigenvalue weighted by atomic mass is 16.5. The smallest absolute Gasteiger partial charge is 0.227 e. The van der Waals surface area contributed by atoms with Gasteiger partial charge >= 0.3 is 0 Å². The molecule has 8 nitrogen and oxygen atoms in total. The van der Waals surface area contributed by atoms with Crippen LogP contribution < -0.4 is 9.64 Å². The average Bonchev–Trinajstić information content (AvgIpc) is 3.26. The van der Waals surface area contributed by atoms with Crippen LogP contribution in [0.25, 0.3) is 11.3 Å². The molecule has 1 aromatic carbocycles. The summed E-state index contributed by atoms with van der Waals surface area (Å²) < 4.78 is 11.1. The third-order valence-corrected chi connectivity index (χ3v) is 5.83. The minimum Gasteiger partial charge on any atom is -0.494 e. The van der Waals surface area contributed by atoms with Crippen molar-refractivity contribution in [2.24, 2.45) is 0 Å². The largest absolute Gasteiger partial charge is 0.494 e. The highest BCUT2D eigenvalue weighted by Crippen LogP contribution is 2.37. The number of nitrogens with zero attached hydrogens (tertiary/aromatic N) is 5. The van der Waals surface area contributed by atoms with Gasteiger partial charge in [0.2, 0.25) is 11.9 Å². The van der Waals surface area contributed by atoms with Crippen LogP contribution in [0.2, 0.25) is 0 Å². The molecule has 4 rings (SSSR count). The van der Waals surface area contributed by atoms with Gasteiger partial charge in [-0.25, -0.2) is 9.97 Å². The van der Waals surface area contributed by atoms with Crippen molar-refractivity contribution in [2.45, 2.75) is 45.6 Å². The molecule has 3 heterocycles. The fourth-order valence-electron chi connectivity index (χ4n) is 4.20. The monoisotopic (exact) mass is 449 g/mol. The molecule has 0 spiro atoms. The first-order valence-corrected chi connectivity index (χ1v) is 11.5. The van der Waals surface area contributed by atoms with E-state index in [9.17, 15) is 4.79 Å². The van der Waals surface area contributed by atoms with Crippen LogP contribution in [0.5, 0.6) is 5.75 Å². The summed E-state index contributed by atoms with van der Waals surface area (Å²) in [6, 6.07) is 9.48. The molecule has 1 unspecified atom stereocenters. The number of aryl methyl sites for hydroxylation is 1. The first-order chi connectivity index (χ1) is 16.0. The Morgan fingerprint density at radius 3 is 2.70 bits per heavy atom. The number of carbonyl (C=O) groups excluding carboxylic acids is 1. The van der Waals surface area contributed by atoms with E-state index in [0.717, 1.165) is 47.5 Å². The number of amides is 1. The van der Waals surface area contributed by atoms with Crippen molar-refractivity contribution < 1.29 is 14.1 Å². The number of aromatic nitrogens is 3. The summed E-state index contributed by atoms with van der Waals surface area (Å²) in [6.45, 7) is 5.16. The molecule has 174 valence electrons. The minimum absolute atomic E-state index is 0.0913. The zero-order valence-electron chi connectivity index (χ0n) is 19.7. The molecule has 1 amide bonds. The van der Waals surface area contributed by atoms with E-state index in [2.05, 4.69) is 10.1 Å². The molecule has 1 saturated heterocycles. The molecule has 1 fully saturated rings. The standard InChI is InChI=1S/C25H31N5O3/c1-5-32-19-11-9-18(10-12-19)15-23(31)30-13-7-6-8-21(30)24-20(22-14-17(2)28-33-22)16-26-25(27-24)29(3)4/h9-12,14,16,21H,5-8,13,15H2,1-4H3. The Kier molecular flexibility index (Phi) is 6.91. The lowest BCUT2D eigenvalue weighted by Gasteiger charge is -2.36. The number of likely N-dealkylation sites (tertiary alicyclic amines) is 1. The van der Waals surface area contributed by atoms with Gasteiger partial charge in [0, 0.05) is 32.9 Å². The van der Waals surface area contributed by atoms with Gasteiger partial charge in [-0.15, -0.1) is 0 Å². The van der Waals surface area contributed by atoms with Crippen LogP contribution in [0.15, 0.2) is 41.1 Å². The normalized spacial score (nSPS) is 16.0. The number of carbonyl (C=O) groups is 1. The lowest BCUT2D eigenvalue weighted by molar-refractivity contribution is -0.134. The van der Waals surface area contributed by atoms with E-state index < -0.39 is 0 Å². The molecule has 0 radical (unpaired) electrons. The molecule has 2 aromatic heterocycles. The summed E-state index contributed by atoms with van der Waals surface area (Å²) in [7, 11) is 3.82. The second-order valence-corrected chi connectivity index (χ2v) is 8.55. The highest BCUT2D eigenvalue weighted by molar-refractivity contribution is 5.80. The number of piperidine rings is 1. The Morgan fingerprint density at radius 1 is 1.24 bits per heavy atom. The van der Waals surface area contributed by atoms with Crippen LogP contribution in [0.3, 0.4) is 0 Å². The van der Waals surface area contributed by atoms with E-state index in [4.69, 9.17) is 14.2 Å². The van der Waals surface area contributed by atoms with Crippen LogP contribution in [0, 0.1) is 6.92 Å². The number of rotatable bonds is 7. The maximum absolute atomic E-state index is 13.4. The maximum atomic E-state index is 13.4. The first-order valence-electron chi connectivity index (χ1n) is 11.5. The van der Waals surface area contributed by atoms with Crippen molar-refractivity contribution in [3.63, 3.8) is 0 Å². The van der Waals surface area contributed by atoms with Crippen molar-refractivity contribution in [3.8, 4) is 17.1 Å². The topological polar surface area (TPSA) is 84.6 Å². The molecule has 33 heavy (non-hydrogen) atoms. The lowest BCUT2D eigenvalue weighted by Crippen LogP contribution is -2.40. The van der Waals surface area contributed by atoms with E-state index in [0.29, 0.717) is 31.3 Å². The van der Waals surface area contributed by atoms with E-state index in [1.807, 2.05) is 68.1 Å². The second-order valence-electron chi connectivity index (χ2n) is 8.55. The lowest BCUT2D eigenvalue weighted by atomic mass is 9.94. The van der Waals surface area contributed by atoms with Crippen LogP contribution >= 0.6 is 0 Å². The summed E-state index contributed by atoms with van der Waals surface area (Å²) in [6.07, 6.45) is 4.98. The van der Waals surface area contributed by atoms with Crippen LogP contribution in [-0.4, -0.2) is 53.2 Å². The van der Waals surface area contributed by atoms with Crippen molar-refractivity contribution in [3.05, 3.63) is 53.5 Å². The molecule has 3 aromatic rings. The van der Waals surface area contributed by atoms with Gasteiger partial charge in [0.25, 0.3) is 0 Å². The van der Waals surface area contributed by atoms with E-state index in [1.165, 1.54) is 0 Å². The first kappa shape index (κ1) is 22.8. The number of hydrogen-bond donors (Lipinski definition) is 0. The third-order valence-electron chi connectivity index (χ3n) is 5.83. The molecule has 0 N–H and O–H groups in total. The summed E-state index contributed by atoms with van der Waals surface area (Å²) in [5, 5.41) is 4.04.